The molecule has 0 aliphatic carbocycles. The number of piperazine rings is 1. The number of methoxy groups -OCH3 is 1. The zero-order valence-electron chi connectivity index (χ0n) is 13.9. The van der Waals surface area contributed by atoms with E-state index in [9.17, 15) is 0 Å². The molecule has 0 bridgehead atoms. The van der Waals surface area contributed by atoms with Crippen molar-refractivity contribution in [3.63, 3.8) is 0 Å². The van der Waals surface area contributed by atoms with Crippen molar-refractivity contribution in [2.24, 2.45) is 0 Å². The summed E-state index contributed by atoms with van der Waals surface area (Å²) in [6, 6.07) is 11.8. The number of benzene rings is 1. The standard InChI is InChI=1S/C18H23ClN2O2S/c1-22-15-2-4-16(5-3-15)23-13-12-20-8-10-21(11-9-20)14-17-6-7-18(19)24-17/h2-7H,8-14H2,1H3. The van der Waals surface area contributed by atoms with Crippen LogP contribution in [0.3, 0.4) is 0 Å². The van der Waals surface area contributed by atoms with E-state index in [1.54, 1.807) is 18.4 Å². The maximum absolute atomic E-state index is 6.00. The smallest absolute Gasteiger partial charge is 0.119 e. The molecule has 0 atom stereocenters. The molecule has 1 aliphatic rings. The molecule has 2 heterocycles. The fourth-order valence-corrected chi connectivity index (χ4v) is 3.92. The van der Waals surface area contributed by atoms with Crippen molar-refractivity contribution in [3.8, 4) is 11.5 Å². The number of nitrogens with zero attached hydrogens (tertiary/aromatic N) is 2. The zero-order valence-corrected chi connectivity index (χ0v) is 15.5. The van der Waals surface area contributed by atoms with Crippen molar-refractivity contribution in [3.05, 3.63) is 45.6 Å². The Bertz CT molecular complexity index is 624. The molecule has 0 unspecified atom stereocenters. The lowest BCUT2D eigenvalue weighted by Gasteiger charge is -2.34. The van der Waals surface area contributed by atoms with Gasteiger partial charge in [0.2, 0.25) is 0 Å². The van der Waals surface area contributed by atoms with Gasteiger partial charge in [-0.15, -0.1) is 11.3 Å². The second kappa shape index (κ2) is 8.72. The van der Waals surface area contributed by atoms with Gasteiger partial charge in [-0.3, -0.25) is 9.80 Å². The van der Waals surface area contributed by atoms with Crippen LogP contribution < -0.4 is 9.47 Å². The number of ether oxygens (including phenoxy) is 2. The lowest BCUT2D eigenvalue weighted by molar-refractivity contribution is 0.113. The van der Waals surface area contributed by atoms with Crippen LogP contribution in [0.1, 0.15) is 4.88 Å². The van der Waals surface area contributed by atoms with E-state index < -0.39 is 0 Å². The normalized spacial score (nSPS) is 16.2. The van der Waals surface area contributed by atoms with E-state index in [1.165, 1.54) is 4.88 Å². The van der Waals surface area contributed by atoms with E-state index in [1.807, 2.05) is 30.3 Å². The van der Waals surface area contributed by atoms with Crippen LogP contribution in [0.15, 0.2) is 36.4 Å². The highest BCUT2D eigenvalue weighted by Crippen LogP contribution is 2.23. The van der Waals surface area contributed by atoms with Gasteiger partial charge in [0.25, 0.3) is 0 Å². The van der Waals surface area contributed by atoms with Crippen molar-refractivity contribution < 1.29 is 9.47 Å². The van der Waals surface area contributed by atoms with Gasteiger partial charge in [0.1, 0.15) is 18.1 Å². The molecule has 0 spiro atoms. The predicted molar refractivity (Wildman–Crippen MR) is 99.5 cm³/mol. The maximum atomic E-state index is 6.00. The molecule has 1 fully saturated rings. The SMILES string of the molecule is COc1ccc(OCCN2CCN(Cc3ccc(Cl)s3)CC2)cc1. The van der Waals surface area contributed by atoms with Gasteiger partial charge in [0.05, 0.1) is 11.4 Å². The van der Waals surface area contributed by atoms with Crippen molar-refractivity contribution in [2.75, 3.05) is 46.4 Å². The van der Waals surface area contributed by atoms with E-state index in [2.05, 4.69) is 15.9 Å². The van der Waals surface area contributed by atoms with E-state index in [4.69, 9.17) is 21.1 Å². The van der Waals surface area contributed by atoms with Crippen LogP contribution >= 0.6 is 22.9 Å². The molecular formula is C18H23ClN2O2S. The number of hydrogen-bond acceptors (Lipinski definition) is 5. The van der Waals surface area contributed by atoms with Gasteiger partial charge < -0.3 is 9.47 Å². The third kappa shape index (κ3) is 5.11. The van der Waals surface area contributed by atoms with Gasteiger partial charge in [-0.25, -0.2) is 0 Å². The first kappa shape index (κ1) is 17.5. The quantitative estimate of drug-likeness (QED) is 0.747. The largest absolute Gasteiger partial charge is 0.497 e. The topological polar surface area (TPSA) is 24.9 Å². The summed E-state index contributed by atoms with van der Waals surface area (Å²) in [6.07, 6.45) is 0. The first-order valence-electron chi connectivity index (χ1n) is 8.19. The average molecular weight is 367 g/mol. The Hall–Kier alpha value is -1.27. The highest BCUT2D eigenvalue weighted by Gasteiger charge is 2.17. The van der Waals surface area contributed by atoms with E-state index in [0.717, 1.165) is 55.1 Å². The molecule has 0 amide bonds. The van der Waals surface area contributed by atoms with E-state index in [0.29, 0.717) is 6.61 Å². The van der Waals surface area contributed by atoms with Crippen LogP contribution in [0.2, 0.25) is 4.34 Å². The van der Waals surface area contributed by atoms with Crippen LogP contribution in [0, 0.1) is 0 Å². The molecule has 0 radical (unpaired) electrons. The lowest BCUT2D eigenvalue weighted by Crippen LogP contribution is -2.46. The molecule has 130 valence electrons. The highest BCUT2D eigenvalue weighted by molar-refractivity contribution is 7.16. The van der Waals surface area contributed by atoms with Crippen LogP contribution in [0.25, 0.3) is 0 Å². The molecule has 1 aromatic heterocycles. The number of halogens is 1. The first-order valence-corrected chi connectivity index (χ1v) is 9.38. The number of rotatable bonds is 7. The maximum Gasteiger partial charge on any atom is 0.119 e. The molecule has 4 nitrogen and oxygen atoms in total. The summed E-state index contributed by atoms with van der Waals surface area (Å²) in [5, 5.41) is 0. The molecule has 1 aliphatic heterocycles. The summed E-state index contributed by atoms with van der Waals surface area (Å²) in [5.41, 5.74) is 0. The zero-order chi connectivity index (χ0) is 16.8. The monoisotopic (exact) mass is 366 g/mol. The van der Waals surface area contributed by atoms with Crippen molar-refractivity contribution in [1.29, 1.82) is 0 Å². The molecule has 24 heavy (non-hydrogen) atoms. The first-order chi connectivity index (χ1) is 11.7. The third-order valence-electron chi connectivity index (χ3n) is 4.21. The Labute approximate surface area is 152 Å². The number of hydrogen-bond donors (Lipinski definition) is 0. The van der Waals surface area contributed by atoms with Crippen molar-refractivity contribution in [2.45, 2.75) is 6.54 Å². The Kier molecular flexibility index (Phi) is 6.37. The molecule has 0 N–H and O–H groups in total. The van der Waals surface area contributed by atoms with Crippen LogP contribution in [0.4, 0.5) is 0 Å². The minimum atomic E-state index is 0.715. The molecule has 1 saturated heterocycles. The third-order valence-corrected chi connectivity index (χ3v) is 5.42. The second-order valence-corrected chi connectivity index (χ2v) is 7.65. The number of thiophene rings is 1. The van der Waals surface area contributed by atoms with Crippen molar-refractivity contribution >= 4 is 22.9 Å². The minimum Gasteiger partial charge on any atom is -0.497 e. The van der Waals surface area contributed by atoms with Crippen molar-refractivity contribution in [1.82, 2.24) is 9.80 Å². The van der Waals surface area contributed by atoms with E-state index in [-0.39, 0.29) is 0 Å². The summed E-state index contributed by atoms with van der Waals surface area (Å²) in [6.45, 7) is 7.05. The summed E-state index contributed by atoms with van der Waals surface area (Å²) in [5.74, 6) is 1.74. The molecule has 3 rings (SSSR count). The van der Waals surface area contributed by atoms with E-state index >= 15 is 0 Å². The van der Waals surface area contributed by atoms with Gasteiger partial charge in [0.15, 0.2) is 0 Å². The fraction of sp³-hybridized carbons (Fsp3) is 0.444. The Morgan fingerprint density at radius 3 is 2.25 bits per heavy atom. The molecule has 0 saturated carbocycles. The summed E-state index contributed by atoms with van der Waals surface area (Å²) in [7, 11) is 1.67. The van der Waals surface area contributed by atoms with Crippen LogP contribution in [-0.2, 0) is 6.54 Å². The predicted octanol–water partition coefficient (Wildman–Crippen LogP) is 3.61. The Morgan fingerprint density at radius 2 is 1.62 bits per heavy atom. The van der Waals surface area contributed by atoms with Gasteiger partial charge in [-0.05, 0) is 36.4 Å². The summed E-state index contributed by atoms with van der Waals surface area (Å²) >= 11 is 7.67. The molecular weight excluding hydrogens is 344 g/mol. The van der Waals surface area contributed by atoms with Gasteiger partial charge in [-0.2, -0.15) is 0 Å². The van der Waals surface area contributed by atoms with Gasteiger partial charge in [-0.1, -0.05) is 11.6 Å². The highest BCUT2D eigenvalue weighted by atomic mass is 35.5. The fourth-order valence-electron chi connectivity index (χ4n) is 2.79. The Morgan fingerprint density at radius 1 is 0.958 bits per heavy atom. The lowest BCUT2D eigenvalue weighted by atomic mass is 10.3. The summed E-state index contributed by atoms with van der Waals surface area (Å²) < 4.78 is 11.8. The minimum absolute atomic E-state index is 0.715. The van der Waals surface area contributed by atoms with Crippen LogP contribution in [-0.4, -0.2) is 56.2 Å². The molecule has 1 aromatic carbocycles. The average Bonchev–Trinajstić information content (AvgIpc) is 3.02. The Balaban J connectivity index is 1.34. The molecule has 6 heteroatoms. The molecule has 2 aromatic rings. The van der Waals surface area contributed by atoms with Gasteiger partial charge in [0, 0.05) is 44.1 Å². The summed E-state index contributed by atoms with van der Waals surface area (Å²) in [4.78, 5) is 6.29. The van der Waals surface area contributed by atoms with Gasteiger partial charge >= 0.3 is 0 Å². The second-order valence-electron chi connectivity index (χ2n) is 5.85. The van der Waals surface area contributed by atoms with Crippen LogP contribution in [0.5, 0.6) is 11.5 Å².